The molecule has 7 heteroatoms. The van der Waals surface area contributed by atoms with Gasteiger partial charge in [-0.3, -0.25) is 0 Å². The zero-order valence-electron chi connectivity index (χ0n) is 18.6. The number of benzene rings is 3. The van der Waals surface area contributed by atoms with E-state index in [1.54, 1.807) is 29.2 Å². The molecule has 3 aromatic rings. The lowest BCUT2D eigenvalue weighted by molar-refractivity contribution is 0.0998. The Hall–Kier alpha value is -3.16. The number of likely N-dealkylation sites (tertiary alicyclic amines) is 1. The van der Waals surface area contributed by atoms with E-state index in [1.807, 2.05) is 42.5 Å². The van der Waals surface area contributed by atoms with Gasteiger partial charge in [-0.05, 0) is 48.1 Å². The molecule has 0 aliphatic carbocycles. The second kappa shape index (κ2) is 10.2. The van der Waals surface area contributed by atoms with Crippen molar-refractivity contribution in [1.82, 2.24) is 9.62 Å². The van der Waals surface area contributed by atoms with Crippen molar-refractivity contribution in [3.05, 3.63) is 90.5 Å². The fourth-order valence-electron chi connectivity index (χ4n) is 4.35. The SMILES string of the molecule is CS(=O)(=O)NC1CCCN(C(=O)Oc2ccccc2)C1Cc1cccc(-c2ccccc2)c1. The summed E-state index contributed by atoms with van der Waals surface area (Å²) in [5.41, 5.74) is 3.21. The Morgan fingerprint density at radius 3 is 2.33 bits per heavy atom. The summed E-state index contributed by atoms with van der Waals surface area (Å²) in [6, 6.07) is 26.4. The molecule has 1 heterocycles. The number of amides is 1. The second-order valence-corrected chi connectivity index (χ2v) is 10.1. The Labute approximate surface area is 195 Å². The molecule has 3 aromatic carbocycles. The molecule has 1 aliphatic heterocycles. The van der Waals surface area contributed by atoms with Gasteiger partial charge in [-0.15, -0.1) is 0 Å². The van der Waals surface area contributed by atoms with E-state index in [2.05, 4.69) is 22.9 Å². The zero-order valence-corrected chi connectivity index (χ0v) is 19.4. The molecule has 1 amide bonds. The predicted octanol–water partition coefficient (Wildman–Crippen LogP) is 4.48. The first-order valence-electron chi connectivity index (χ1n) is 11.0. The Kier molecular flexibility index (Phi) is 7.11. The van der Waals surface area contributed by atoms with Crippen LogP contribution in [0.1, 0.15) is 18.4 Å². The molecule has 0 saturated carbocycles. The van der Waals surface area contributed by atoms with Gasteiger partial charge < -0.3 is 9.64 Å². The Balaban J connectivity index is 1.61. The first-order chi connectivity index (χ1) is 15.9. The van der Waals surface area contributed by atoms with Gasteiger partial charge in [0.05, 0.1) is 12.3 Å². The molecule has 1 aliphatic rings. The predicted molar refractivity (Wildman–Crippen MR) is 130 cm³/mol. The molecule has 0 bridgehead atoms. The van der Waals surface area contributed by atoms with Crippen LogP contribution < -0.4 is 9.46 Å². The van der Waals surface area contributed by atoms with Crippen molar-refractivity contribution in [2.45, 2.75) is 31.3 Å². The average molecular weight is 465 g/mol. The number of hydrogen-bond donors (Lipinski definition) is 1. The van der Waals surface area contributed by atoms with E-state index < -0.39 is 22.2 Å². The molecule has 1 N–H and O–H groups in total. The van der Waals surface area contributed by atoms with Crippen LogP contribution in [0.25, 0.3) is 11.1 Å². The Morgan fingerprint density at radius 2 is 1.64 bits per heavy atom. The number of piperidine rings is 1. The third-order valence-corrected chi connectivity index (χ3v) is 6.54. The first-order valence-corrected chi connectivity index (χ1v) is 12.9. The third-order valence-electron chi connectivity index (χ3n) is 5.81. The lowest BCUT2D eigenvalue weighted by Gasteiger charge is -2.40. The molecule has 0 spiro atoms. The summed E-state index contributed by atoms with van der Waals surface area (Å²) in [4.78, 5) is 14.8. The summed E-state index contributed by atoms with van der Waals surface area (Å²) >= 11 is 0. The standard InChI is InChI=1S/C26H28N2O4S/c1-33(30,31)27-24-16-9-17-28(26(29)32-23-14-6-3-7-15-23)25(24)19-20-10-8-13-22(18-20)21-11-4-2-5-12-21/h2-8,10-15,18,24-25,27H,9,16-17,19H2,1H3. The largest absolute Gasteiger partial charge is 0.415 e. The summed E-state index contributed by atoms with van der Waals surface area (Å²) in [7, 11) is -3.44. The molecule has 1 fully saturated rings. The van der Waals surface area contributed by atoms with E-state index in [4.69, 9.17) is 4.74 Å². The van der Waals surface area contributed by atoms with Crippen LogP contribution in [0.4, 0.5) is 4.79 Å². The summed E-state index contributed by atoms with van der Waals surface area (Å²) in [5, 5.41) is 0. The topological polar surface area (TPSA) is 75.7 Å². The second-order valence-electron chi connectivity index (χ2n) is 8.35. The van der Waals surface area contributed by atoms with Gasteiger partial charge >= 0.3 is 6.09 Å². The van der Waals surface area contributed by atoms with Crippen molar-refractivity contribution in [3.63, 3.8) is 0 Å². The van der Waals surface area contributed by atoms with E-state index >= 15 is 0 Å². The normalized spacial score (nSPS) is 18.6. The van der Waals surface area contributed by atoms with E-state index in [-0.39, 0.29) is 6.04 Å². The van der Waals surface area contributed by atoms with Crippen molar-refractivity contribution >= 4 is 16.1 Å². The van der Waals surface area contributed by atoms with Gasteiger partial charge in [0, 0.05) is 12.6 Å². The number of hydrogen-bond acceptors (Lipinski definition) is 4. The number of para-hydroxylation sites is 1. The maximum atomic E-state index is 13.1. The average Bonchev–Trinajstić information content (AvgIpc) is 2.80. The number of ether oxygens (including phenoxy) is 1. The van der Waals surface area contributed by atoms with Gasteiger partial charge in [0.1, 0.15) is 5.75 Å². The van der Waals surface area contributed by atoms with Crippen LogP contribution in [0.5, 0.6) is 5.75 Å². The number of carbonyl (C=O) groups excluding carboxylic acids is 1. The Bertz CT molecular complexity index is 1180. The van der Waals surface area contributed by atoms with Crippen LogP contribution in [0, 0.1) is 0 Å². The summed E-state index contributed by atoms with van der Waals surface area (Å²) in [5.74, 6) is 0.463. The summed E-state index contributed by atoms with van der Waals surface area (Å²) in [6.07, 6.45) is 2.55. The molecule has 4 rings (SSSR count). The van der Waals surface area contributed by atoms with Crippen molar-refractivity contribution in [2.75, 3.05) is 12.8 Å². The molecule has 2 atom stereocenters. The quantitative estimate of drug-likeness (QED) is 0.584. The molecular weight excluding hydrogens is 436 g/mol. The minimum absolute atomic E-state index is 0.365. The van der Waals surface area contributed by atoms with Crippen molar-refractivity contribution in [2.24, 2.45) is 0 Å². The monoisotopic (exact) mass is 464 g/mol. The van der Waals surface area contributed by atoms with E-state index in [0.717, 1.165) is 22.9 Å². The minimum Gasteiger partial charge on any atom is -0.410 e. The van der Waals surface area contributed by atoms with E-state index in [9.17, 15) is 13.2 Å². The number of nitrogens with zero attached hydrogens (tertiary/aromatic N) is 1. The molecule has 6 nitrogen and oxygen atoms in total. The maximum Gasteiger partial charge on any atom is 0.415 e. The van der Waals surface area contributed by atoms with Gasteiger partial charge in [0.25, 0.3) is 0 Å². The van der Waals surface area contributed by atoms with Crippen molar-refractivity contribution in [1.29, 1.82) is 0 Å². The van der Waals surface area contributed by atoms with Crippen LogP contribution in [0.3, 0.4) is 0 Å². The molecule has 0 aromatic heterocycles. The lowest BCUT2D eigenvalue weighted by Crippen LogP contribution is -2.58. The van der Waals surface area contributed by atoms with Crippen molar-refractivity contribution in [3.8, 4) is 16.9 Å². The highest BCUT2D eigenvalue weighted by atomic mass is 32.2. The highest BCUT2D eigenvalue weighted by Gasteiger charge is 2.37. The maximum absolute atomic E-state index is 13.1. The first kappa shape index (κ1) is 23.0. The van der Waals surface area contributed by atoms with Crippen LogP contribution in [0.2, 0.25) is 0 Å². The molecule has 33 heavy (non-hydrogen) atoms. The van der Waals surface area contributed by atoms with Crippen LogP contribution in [-0.4, -0.2) is 44.3 Å². The van der Waals surface area contributed by atoms with Gasteiger partial charge in [-0.1, -0.05) is 72.8 Å². The van der Waals surface area contributed by atoms with Crippen LogP contribution in [0.15, 0.2) is 84.9 Å². The minimum atomic E-state index is -3.44. The van der Waals surface area contributed by atoms with Gasteiger partial charge in [-0.25, -0.2) is 17.9 Å². The number of nitrogens with one attached hydrogen (secondary N) is 1. The Morgan fingerprint density at radius 1 is 0.970 bits per heavy atom. The molecular formula is C26H28N2O4S. The van der Waals surface area contributed by atoms with Crippen LogP contribution >= 0.6 is 0 Å². The van der Waals surface area contributed by atoms with Gasteiger partial charge in [-0.2, -0.15) is 0 Å². The summed E-state index contributed by atoms with van der Waals surface area (Å²) in [6.45, 7) is 0.511. The van der Waals surface area contributed by atoms with Gasteiger partial charge in [0.15, 0.2) is 0 Å². The molecule has 1 saturated heterocycles. The smallest absolute Gasteiger partial charge is 0.410 e. The van der Waals surface area contributed by atoms with Crippen molar-refractivity contribution < 1.29 is 17.9 Å². The molecule has 172 valence electrons. The fraction of sp³-hybridized carbons (Fsp3) is 0.269. The molecule has 2 unspecified atom stereocenters. The van der Waals surface area contributed by atoms with E-state index in [0.29, 0.717) is 31.6 Å². The highest BCUT2D eigenvalue weighted by Crippen LogP contribution is 2.26. The van der Waals surface area contributed by atoms with E-state index in [1.165, 1.54) is 0 Å². The fourth-order valence-corrected chi connectivity index (χ4v) is 5.17. The molecule has 0 radical (unpaired) electrons. The third kappa shape index (κ3) is 6.21. The number of carbonyl (C=O) groups is 1. The summed E-state index contributed by atoms with van der Waals surface area (Å²) < 4.78 is 32.5. The van der Waals surface area contributed by atoms with Crippen LogP contribution in [-0.2, 0) is 16.4 Å². The number of rotatable bonds is 6. The zero-order chi connectivity index (χ0) is 23.3. The lowest BCUT2D eigenvalue weighted by atomic mass is 9.90. The van der Waals surface area contributed by atoms with Gasteiger partial charge in [0.2, 0.25) is 10.0 Å². The highest BCUT2D eigenvalue weighted by molar-refractivity contribution is 7.88. The number of sulfonamides is 1.